The van der Waals surface area contributed by atoms with Crippen LogP contribution in [0.25, 0.3) is 11.4 Å². The second-order valence-corrected chi connectivity index (χ2v) is 7.52. The number of hydrogen-bond donors (Lipinski definition) is 1. The Morgan fingerprint density at radius 2 is 2.19 bits per heavy atom. The predicted octanol–water partition coefficient (Wildman–Crippen LogP) is 2.88. The van der Waals surface area contributed by atoms with Gasteiger partial charge in [0.05, 0.1) is 17.9 Å². The van der Waals surface area contributed by atoms with Gasteiger partial charge in [-0.1, -0.05) is 11.8 Å². The van der Waals surface area contributed by atoms with E-state index in [4.69, 9.17) is 4.74 Å². The molecule has 2 aromatic rings. The molecular formula is C18H23FN4O2S. The van der Waals surface area contributed by atoms with Crippen LogP contribution >= 0.6 is 11.8 Å². The molecule has 0 saturated carbocycles. The van der Waals surface area contributed by atoms with Gasteiger partial charge in [0.1, 0.15) is 5.82 Å². The van der Waals surface area contributed by atoms with E-state index in [1.807, 2.05) is 18.4 Å². The zero-order valence-electron chi connectivity index (χ0n) is 14.9. The minimum atomic E-state index is -0.293. The maximum Gasteiger partial charge on any atom is 0.233 e. The van der Waals surface area contributed by atoms with Crippen molar-refractivity contribution in [1.29, 1.82) is 0 Å². The summed E-state index contributed by atoms with van der Waals surface area (Å²) in [6.45, 7) is 5.70. The van der Waals surface area contributed by atoms with Crippen molar-refractivity contribution in [3.05, 3.63) is 30.1 Å². The third kappa shape index (κ3) is 4.42. The molecule has 0 spiro atoms. The second kappa shape index (κ2) is 8.64. The summed E-state index contributed by atoms with van der Waals surface area (Å²) in [5.41, 5.74) is 0.786. The lowest BCUT2D eigenvalue weighted by Gasteiger charge is -2.16. The largest absolute Gasteiger partial charge is 0.376 e. The van der Waals surface area contributed by atoms with Crippen molar-refractivity contribution in [3.63, 3.8) is 0 Å². The maximum absolute atomic E-state index is 13.3. The van der Waals surface area contributed by atoms with Gasteiger partial charge in [-0.3, -0.25) is 9.36 Å². The Bertz CT molecular complexity index is 744. The molecule has 1 fully saturated rings. The van der Waals surface area contributed by atoms with E-state index in [0.717, 1.165) is 25.0 Å². The molecule has 6 nitrogen and oxygen atoms in total. The van der Waals surface area contributed by atoms with Crippen LogP contribution in [0.5, 0.6) is 0 Å². The quantitative estimate of drug-likeness (QED) is 0.751. The summed E-state index contributed by atoms with van der Waals surface area (Å²) in [4.78, 5) is 12.1. The van der Waals surface area contributed by atoms with Crippen molar-refractivity contribution < 1.29 is 13.9 Å². The van der Waals surface area contributed by atoms with Gasteiger partial charge in [-0.25, -0.2) is 4.39 Å². The summed E-state index contributed by atoms with van der Waals surface area (Å²) in [6.07, 6.45) is 2.12. The van der Waals surface area contributed by atoms with Crippen molar-refractivity contribution in [2.24, 2.45) is 0 Å². The normalized spacial score (nSPS) is 18.0. The first-order valence-corrected chi connectivity index (χ1v) is 9.71. The monoisotopic (exact) mass is 378 g/mol. The number of amides is 1. The number of carbonyl (C=O) groups is 1. The lowest BCUT2D eigenvalue weighted by atomic mass is 10.2. The summed E-state index contributed by atoms with van der Waals surface area (Å²) < 4.78 is 21.0. The zero-order valence-corrected chi connectivity index (χ0v) is 15.8. The average molecular weight is 378 g/mol. The smallest absolute Gasteiger partial charge is 0.233 e. The number of halogens is 1. The number of aromatic nitrogens is 3. The minimum absolute atomic E-state index is 0.0347. The molecule has 140 valence electrons. The number of rotatable bonds is 7. The Labute approximate surface area is 156 Å². The topological polar surface area (TPSA) is 69.0 Å². The molecule has 1 aliphatic rings. The molecule has 1 aromatic heterocycles. The Balaban J connectivity index is 1.88. The highest BCUT2D eigenvalue weighted by molar-refractivity contribution is 8.00. The van der Waals surface area contributed by atoms with Crippen LogP contribution in [0.4, 0.5) is 4.39 Å². The van der Waals surface area contributed by atoms with Gasteiger partial charge in [-0.05, 0) is 51.0 Å². The van der Waals surface area contributed by atoms with Gasteiger partial charge in [0.2, 0.25) is 5.91 Å². The standard InChI is InChI=1S/C18H23FN4O2S/c1-3-20-17(24)12(2)26-18-22-21-16(13-6-8-14(19)9-7-13)23(18)11-15-5-4-10-25-15/h6-9,12,15H,3-5,10-11H2,1-2H3,(H,20,24)/t12-,15-/m1/s1. The molecule has 1 aromatic carbocycles. The summed E-state index contributed by atoms with van der Waals surface area (Å²) in [7, 11) is 0. The molecule has 0 radical (unpaired) electrons. The molecule has 0 bridgehead atoms. The molecule has 1 amide bonds. The molecule has 0 unspecified atom stereocenters. The van der Waals surface area contributed by atoms with Crippen LogP contribution < -0.4 is 5.32 Å². The van der Waals surface area contributed by atoms with Crippen LogP contribution in [0.15, 0.2) is 29.4 Å². The highest BCUT2D eigenvalue weighted by atomic mass is 32.2. The summed E-state index contributed by atoms with van der Waals surface area (Å²) in [5, 5.41) is 11.8. The van der Waals surface area contributed by atoms with Gasteiger partial charge >= 0.3 is 0 Å². The third-order valence-electron chi connectivity index (χ3n) is 4.23. The third-order valence-corrected chi connectivity index (χ3v) is 5.31. The van der Waals surface area contributed by atoms with Crippen LogP contribution in [-0.4, -0.2) is 45.2 Å². The SMILES string of the molecule is CCNC(=O)[C@@H](C)Sc1nnc(-c2ccc(F)cc2)n1C[C@H]1CCCO1. The first kappa shape index (κ1) is 18.8. The number of carbonyl (C=O) groups excluding carboxylic acids is 1. The fraction of sp³-hybridized carbons (Fsp3) is 0.500. The van der Waals surface area contributed by atoms with E-state index in [1.165, 1.54) is 23.9 Å². The van der Waals surface area contributed by atoms with Crippen molar-refractivity contribution in [2.75, 3.05) is 13.2 Å². The van der Waals surface area contributed by atoms with Crippen LogP contribution in [0.1, 0.15) is 26.7 Å². The van der Waals surface area contributed by atoms with Crippen LogP contribution in [0.3, 0.4) is 0 Å². The van der Waals surface area contributed by atoms with E-state index in [2.05, 4.69) is 15.5 Å². The molecule has 1 N–H and O–H groups in total. The Morgan fingerprint density at radius 1 is 1.42 bits per heavy atom. The molecule has 3 rings (SSSR count). The maximum atomic E-state index is 13.3. The molecular weight excluding hydrogens is 355 g/mol. The number of nitrogens with zero attached hydrogens (tertiary/aromatic N) is 3. The van der Waals surface area contributed by atoms with E-state index < -0.39 is 0 Å². The number of benzene rings is 1. The molecule has 2 heterocycles. The minimum Gasteiger partial charge on any atom is -0.376 e. The number of ether oxygens (including phenoxy) is 1. The zero-order chi connectivity index (χ0) is 18.5. The predicted molar refractivity (Wildman–Crippen MR) is 98.4 cm³/mol. The van der Waals surface area contributed by atoms with Crippen molar-refractivity contribution in [1.82, 2.24) is 20.1 Å². The Hall–Kier alpha value is -1.93. The van der Waals surface area contributed by atoms with Gasteiger partial charge < -0.3 is 10.1 Å². The van der Waals surface area contributed by atoms with E-state index in [1.54, 1.807) is 12.1 Å². The second-order valence-electron chi connectivity index (χ2n) is 6.21. The van der Waals surface area contributed by atoms with E-state index in [0.29, 0.717) is 24.1 Å². The molecule has 0 aliphatic carbocycles. The summed E-state index contributed by atoms with van der Waals surface area (Å²) >= 11 is 1.37. The first-order valence-electron chi connectivity index (χ1n) is 8.83. The lowest BCUT2D eigenvalue weighted by molar-refractivity contribution is -0.120. The Kier molecular flexibility index (Phi) is 6.26. The molecule has 1 aliphatic heterocycles. The molecule has 1 saturated heterocycles. The first-order chi connectivity index (χ1) is 12.6. The number of hydrogen-bond acceptors (Lipinski definition) is 5. The van der Waals surface area contributed by atoms with Crippen LogP contribution in [-0.2, 0) is 16.1 Å². The molecule has 2 atom stereocenters. The molecule has 8 heteroatoms. The van der Waals surface area contributed by atoms with E-state index in [9.17, 15) is 9.18 Å². The van der Waals surface area contributed by atoms with Gasteiger partial charge in [-0.15, -0.1) is 10.2 Å². The van der Waals surface area contributed by atoms with E-state index in [-0.39, 0.29) is 23.1 Å². The van der Waals surface area contributed by atoms with Gasteiger partial charge in [0.25, 0.3) is 0 Å². The van der Waals surface area contributed by atoms with Gasteiger partial charge in [0.15, 0.2) is 11.0 Å². The Morgan fingerprint density at radius 3 is 2.85 bits per heavy atom. The van der Waals surface area contributed by atoms with Crippen LogP contribution in [0, 0.1) is 5.82 Å². The van der Waals surface area contributed by atoms with Gasteiger partial charge in [0, 0.05) is 18.7 Å². The highest BCUT2D eigenvalue weighted by Crippen LogP contribution is 2.29. The summed E-state index contributed by atoms with van der Waals surface area (Å²) in [5.74, 6) is 0.331. The average Bonchev–Trinajstić information content (AvgIpc) is 3.27. The number of thioether (sulfide) groups is 1. The summed E-state index contributed by atoms with van der Waals surface area (Å²) in [6, 6.07) is 6.19. The van der Waals surface area contributed by atoms with Crippen LogP contribution in [0.2, 0.25) is 0 Å². The van der Waals surface area contributed by atoms with Crippen molar-refractivity contribution in [3.8, 4) is 11.4 Å². The van der Waals surface area contributed by atoms with Gasteiger partial charge in [-0.2, -0.15) is 0 Å². The molecule has 26 heavy (non-hydrogen) atoms. The van der Waals surface area contributed by atoms with Crippen molar-refractivity contribution in [2.45, 2.75) is 49.7 Å². The lowest BCUT2D eigenvalue weighted by Crippen LogP contribution is -2.30. The fourth-order valence-corrected chi connectivity index (χ4v) is 3.76. The van der Waals surface area contributed by atoms with Crippen molar-refractivity contribution >= 4 is 17.7 Å². The number of nitrogens with one attached hydrogen (secondary N) is 1. The van der Waals surface area contributed by atoms with E-state index >= 15 is 0 Å². The fourth-order valence-electron chi connectivity index (χ4n) is 2.87. The highest BCUT2D eigenvalue weighted by Gasteiger charge is 2.24.